The molecule has 0 aliphatic carbocycles. The van der Waals surface area contributed by atoms with Crippen LogP contribution in [0.5, 0.6) is 0 Å². The minimum absolute atomic E-state index is 0.0515. The van der Waals surface area contributed by atoms with Crippen LogP contribution in [0.4, 0.5) is 4.79 Å². The molecule has 0 bridgehead atoms. The normalized spacial score (nSPS) is 13.2. The Morgan fingerprint density at radius 2 is 1.70 bits per heavy atom. The van der Waals surface area contributed by atoms with Gasteiger partial charge in [0.1, 0.15) is 5.60 Å². The van der Waals surface area contributed by atoms with Crippen molar-refractivity contribution in [1.29, 1.82) is 0 Å². The molecule has 0 aromatic heterocycles. The molecule has 0 aromatic carbocycles. The maximum Gasteiger partial charge on any atom is 0.316 e. The molecule has 20 heavy (non-hydrogen) atoms. The van der Waals surface area contributed by atoms with Crippen molar-refractivity contribution in [3.8, 4) is 0 Å². The summed E-state index contributed by atoms with van der Waals surface area (Å²) in [5.41, 5.74) is -0.561. The van der Waals surface area contributed by atoms with Crippen LogP contribution in [0.1, 0.15) is 34.1 Å². The lowest BCUT2D eigenvalue weighted by Crippen LogP contribution is -2.43. The number of amides is 1. The van der Waals surface area contributed by atoms with E-state index < -0.39 is 23.3 Å². The molecule has 0 unspecified atom stereocenters. The number of hydrogen-bond donors (Lipinski definition) is 0. The van der Waals surface area contributed by atoms with Gasteiger partial charge in [-0.3, -0.25) is 9.59 Å². The minimum atomic E-state index is -0.667. The molecule has 1 amide bonds. The van der Waals surface area contributed by atoms with Gasteiger partial charge in [0, 0.05) is 20.3 Å². The molecule has 0 rings (SSSR count). The summed E-state index contributed by atoms with van der Waals surface area (Å²) in [7, 11) is 2.92. The fraction of sp³-hybridized carbons (Fsp3) is 0.846. The van der Waals surface area contributed by atoms with Gasteiger partial charge in [-0.05, 0) is 39.3 Å². The van der Waals surface area contributed by atoms with Gasteiger partial charge in [0.15, 0.2) is 6.29 Å². The molecule has 0 fully saturated rings. The van der Waals surface area contributed by atoms with Crippen molar-refractivity contribution in [2.75, 3.05) is 20.8 Å². The van der Waals surface area contributed by atoms with Gasteiger partial charge in [0.25, 0.3) is 0 Å². The number of ether oxygens (including phenoxy) is 3. The number of carbonyl (C=O) groups excluding carboxylic acids is 2. The summed E-state index contributed by atoms with van der Waals surface area (Å²) in [6.07, 6.45) is -0.547. The summed E-state index contributed by atoms with van der Waals surface area (Å²) in [5.74, 6) is -0.390. The average Bonchev–Trinajstić information content (AvgIpc) is 2.26. The van der Waals surface area contributed by atoms with Crippen LogP contribution in [-0.2, 0) is 19.0 Å². The predicted molar refractivity (Wildman–Crippen MR) is 75.7 cm³/mol. The first-order valence-corrected chi connectivity index (χ1v) is 6.72. The van der Waals surface area contributed by atoms with Crippen LogP contribution in [0.2, 0.25) is 0 Å². The Morgan fingerprint density at radius 3 is 2.05 bits per heavy atom. The number of hydrogen-bond acceptors (Lipinski definition) is 5. The number of halogens is 1. The third kappa shape index (κ3) is 7.67. The molecule has 0 N–H and O–H groups in total. The first-order valence-electron chi connectivity index (χ1n) is 6.34. The summed E-state index contributed by atoms with van der Waals surface area (Å²) in [4.78, 5) is 24.5. The Kier molecular flexibility index (Phi) is 8.08. The van der Waals surface area contributed by atoms with Gasteiger partial charge in [0.05, 0.1) is 13.0 Å². The van der Waals surface area contributed by atoms with Gasteiger partial charge in [-0.25, -0.2) is 0 Å². The standard InChI is InChI=1S/C13H24ClNO5/c1-9(7-10(16)20-13(2,3)4)15(12(14)17)8-11(18-5)19-6/h9,11H,7-8H2,1-6H3/t9-/m1/s1. The largest absolute Gasteiger partial charge is 0.460 e. The summed E-state index contributed by atoms with van der Waals surface area (Å²) in [6, 6.07) is -0.414. The number of rotatable bonds is 7. The second-order valence-corrected chi connectivity index (χ2v) is 5.77. The molecule has 0 heterocycles. The maximum absolute atomic E-state index is 11.8. The highest BCUT2D eigenvalue weighted by molar-refractivity contribution is 6.62. The van der Waals surface area contributed by atoms with Crippen molar-refractivity contribution < 1.29 is 23.8 Å². The van der Waals surface area contributed by atoms with Gasteiger partial charge in [-0.15, -0.1) is 0 Å². The van der Waals surface area contributed by atoms with E-state index in [0.717, 1.165) is 0 Å². The van der Waals surface area contributed by atoms with E-state index in [2.05, 4.69) is 0 Å². The van der Waals surface area contributed by atoms with Crippen LogP contribution in [0.15, 0.2) is 0 Å². The molecule has 0 aliphatic rings. The summed E-state index contributed by atoms with van der Waals surface area (Å²) in [6.45, 7) is 7.20. The highest BCUT2D eigenvalue weighted by Crippen LogP contribution is 2.14. The molecular weight excluding hydrogens is 286 g/mol. The molecular formula is C13H24ClNO5. The van der Waals surface area contributed by atoms with Crippen LogP contribution in [0.3, 0.4) is 0 Å². The zero-order chi connectivity index (χ0) is 15.9. The predicted octanol–water partition coefficient (Wildman–Crippen LogP) is 2.39. The van der Waals surface area contributed by atoms with Crippen molar-refractivity contribution in [3.05, 3.63) is 0 Å². The highest BCUT2D eigenvalue weighted by atomic mass is 35.5. The van der Waals surface area contributed by atoms with Crippen molar-refractivity contribution >= 4 is 22.9 Å². The zero-order valence-corrected chi connectivity index (χ0v) is 13.7. The molecule has 0 aliphatic heterocycles. The van der Waals surface area contributed by atoms with Crippen LogP contribution >= 0.6 is 11.6 Å². The molecule has 0 aromatic rings. The molecule has 7 heteroatoms. The van der Waals surface area contributed by atoms with Gasteiger partial charge in [-0.1, -0.05) is 0 Å². The van der Waals surface area contributed by atoms with E-state index in [9.17, 15) is 9.59 Å². The third-order valence-electron chi connectivity index (χ3n) is 2.51. The average molecular weight is 310 g/mol. The van der Waals surface area contributed by atoms with Gasteiger partial charge < -0.3 is 19.1 Å². The van der Waals surface area contributed by atoms with Gasteiger partial charge >= 0.3 is 11.3 Å². The Morgan fingerprint density at radius 1 is 1.20 bits per heavy atom. The number of methoxy groups -OCH3 is 2. The number of carbonyl (C=O) groups is 2. The molecule has 0 radical (unpaired) electrons. The van der Waals surface area contributed by atoms with Crippen molar-refractivity contribution in [3.63, 3.8) is 0 Å². The van der Waals surface area contributed by atoms with E-state index in [0.29, 0.717) is 0 Å². The van der Waals surface area contributed by atoms with E-state index in [1.165, 1.54) is 19.1 Å². The lowest BCUT2D eigenvalue weighted by Gasteiger charge is -2.30. The van der Waals surface area contributed by atoms with Gasteiger partial charge in [-0.2, -0.15) is 0 Å². The van der Waals surface area contributed by atoms with Gasteiger partial charge in [0.2, 0.25) is 0 Å². The first-order chi connectivity index (χ1) is 9.10. The Bertz CT molecular complexity index is 325. The molecule has 0 saturated carbocycles. The molecule has 0 saturated heterocycles. The first kappa shape index (κ1) is 19.1. The number of esters is 1. The van der Waals surface area contributed by atoms with E-state index in [1.54, 1.807) is 27.7 Å². The topological polar surface area (TPSA) is 65.1 Å². The SMILES string of the molecule is COC(CN(C(=O)Cl)[C@H](C)CC(=O)OC(C)(C)C)OC. The summed E-state index contributed by atoms with van der Waals surface area (Å²) >= 11 is 5.54. The van der Waals surface area contributed by atoms with E-state index in [-0.39, 0.29) is 18.9 Å². The Labute approximate surface area is 125 Å². The third-order valence-corrected chi connectivity index (χ3v) is 2.73. The molecule has 0 spiro atoms. The Balaban J connectivity index is 4.61. The molecule has 118 valence electrons. The van der Waals surface area contributed by atoms with Crippen LogP contribution in [-0.4, -0.2) is 54.9 Å². The Hall–Kier alpha value is -0.850. The second kappa shape index (κ2) is 8.44. The van der Waals surface area contributed by atoms with Crippen LogP contribution in [0, 0.1) is 0 Å². The van der Waals surface area contributed by atoms with Crippen molar-refractivity contribution in [1.82, 2.24) is 4.90 Å². The maximum atomic E-state index is 11.8. The van der Waals surface area contributed by atoms with E-state index in [4.69, 9.17) is 25.8 Å². The molecule has 6 nitrogen and oxygen atoms in total. The quantitative estimate of drug-likeness (QED) is 0.313. The fourth-order valence-corrected chi connectivity index (χ4v) is 1.80. The number of nitrogens with zero attached hydrogens (tertiary/aromatic N) is 1. The second-order valence-electron chi connectivity index (χ2n) is 5.45. The zero-order valence-electron chi connectivity index (χ0n) is 12.9. The summed E-state index contributed by atoms with van der Waals surface area (Å²) < 4.78 is 15.3. The fourth-order valence-electron chi connectivity index (χ4n) is 1.57. The smallest absolute Gasteiger partial charge is 0.316 e. The highest BCUT2D eigenvalue weighted by Gasteiger charge is 2.26. The monoisotopic (exact) mass is 309 g/mol. The minimum Gasteiger partial charge on any atom is -0.460 e. The van der Waals surface area contributed by atoms with E-state index >= 15 is 0 Å². The van der Waals surface area contributed by atoms with Crippen LogP contribution in [0.25, 0.3) is 0 Å². The lowest BCUT2D eigenvalue weighted by molar-refractivity contribution is -0.156. The van der Waals surface area contributed by atoms with Crippen molar-refractivity contribution in [2.45, 2.75) is 52.0 Å². The molecule has 1 atom stereocenters. The van der Waals surface area contributed by atoms with Crippen LogP contribution < -0.4 is 0 Å². The summed E-state index contributed by atoms with van der Waals surface area (Å²) in [5, 5.41) is -0.667. The lowest BCUT2D eigenvalue weighted by atomic mass is 10.1. The van der Waals surface area contributed by atoms with Crippen molar-refractivity contribution in [2.24, 2.45) is 0 Å². The van der Waals surface area contributed by atoms with E-state index in [1.807, 2.05) is 0 Å².